The largest absolute Gasteiger partial charge is 0.334 e. The molecule has 1 fully saturated rings. The van der Waals surface area contributed by atoms with Crippen LogP contribution in [0.5, 0.6) is 0 Å². The molecule has 0 aliphatic carbocycles. The maximum atomic E-state index is 13.8. The van der Waals surface area contributed by atoms with E-state index in [1.807, 2.05) is 6.92 Å². The molecule has 0 saturated carbocycles. The quantitative estimate of drug-likeness (QED) is 0.892. The van der Waals surface area contributed by atoms with E-state index < -0.39 is 5.82 Å². The van der Waals surface area contributed by atoms with Gasteiger partial charge in [0.15, 0.2) is 0 Å². The normalized spacial score (nSPS) is 20.2. The molecule has 4 heteroatoms. The molecule has 1 aromatic carbocycles. The second kappa shape index (κ2) is 6.15. The van der Waals surface area contributed by atoms with Crippen molar-refractivity contribution in [1.29, 1.82) is 0 Å². The van der Waals surface area contributed by atoms with Gasteiger partial charge in [-0.1, -0.05) is 24.5 Å². The number of hydrogen-bond acceptors (Lipinski definition) is 2. The minimum Gasteiger partial charge on any atom is -0.334 e. The molecular formula is C15H21FN2O. The zero-order chi connectivity index (χ0) is 13.8. The number of rotatable bonds is 2. The van der Waals surface area contributed by atoms with Crippen LogP contribution in [0.25, 0.3) is 0 Å². The lowest BCUT2D eigenvalue weighted by molar-refractivity contribution is 0.0684. The second-order valence-corrected chi connectivity index (χ2v) is 5.22. The van der Waals surface area contributed by atoms with Gasteiger partial charge < -0.3 is 10.6 Å². The van der Waals surface area contributed by atoms with E-state index in [9.17, 15) is 9.18 Å². The Hall–Kier alpha value is -1.42. The van der Waals surface area contributed by atoms with Crippen LogP contribution in [0.4, 0.5) is 4.39 Å². The van der Waals surface area contributed by atoms with Crippen LogP contribution in [0.3, 0.4) is 0 Å². The van der Waals surface area contributed by atoms with Crippen LogP contribution in [0, 0.1) is 12.7 Å². The van der Waals surface area contributed by atoms with Gasteiger partial charge in [-0.05, 0) is 31.9 Å². The number of hydrogen-bond donors (Lipinski definition) is 1. The van der Waals surface area contributed by atoms with E-state index in [1.54, 1.807) is 17.0 Å². The standard InChI is InChI=1S/C15H21FN2O/c1-11-6-7-14(16)13(9-11)15(19)18-8-4-2-3-5-12(18)10-17/h6-7,9,12H,2-5,8,10,17H2,1H3. The van der Waals surface area contributed by atoms with Gasteiger partial charge in [0.2, 0.25) is 0 Å². The summed E-state index contributed by atoms with van der Waals surface area (Å²) in [5.41, 5.74) is 6.82. The first kappa shape index (κ1) is 14.0. The van der Waals surface area contributed by atoms with Crippen molar-refractivity contribution >= 4 is 5.91 Å². The Labute approximate surface area is 113 Å². The Kier molecular flexibility index (Phi) is 4.53. The Morgan fingerprint density at radius 2 is 2.21 bits per heavy atom. The highest BCUT2D eigenvalue weighted by Gasteiger charge is 2.26. The number of nitrogens with zero attached hydrogens (tertiary/aromatic N) is 1. The summed E-state index contributed by atoms with van der Waals surface area (Å²) in [6.45, 7) is 2.98. The Balaban J connectivity index is 2.27. The molecule has 0 radical (unpaired) electrons. The number of nitrogens with two attached hydrogens (primary N) is 1. The van der Waals surface area contributed by atoms with E-state index in [0.717, 1.165) is 31.2 Å². The average molecular weight is 264 g/mol. The van der Waals surface area contributed by atoms with E-state index in [2.05, 4.69) is 0 Å². The fourth-order valence-corrected chi connectivity index (χ4v) is 2.65. The van der Waals surface area contributed by atoms with Crippen LogP contribution in [0.15, 0.2) is 18.2 Å². The summed E-state index contributed by atoms with van der Waals surface area (Å²) in [5.74, 6) is -0.672. The molecule has 0 aromatic heterocycles. The molecule has 1 saturated heterocycles. The molecule has 2 N–H and O–H groups in total. The van der Waals surface area contributed by atoms with Gasteiger partial charge in [0.05, 0.1) is 5.56 Å². The Morgan fingerprint density at radius 1 is 1.42 bits per heavy atom. The highest BCUT2D eigenvalue weighted by molar-refractivity contribution is 5.95. The molecule has 104 valence electrons. The number of amides is 1. The fraction of sp³-hybridized carbons (Fsp3) is 0.533. The zero-order valence-corrected chi connectivity index (χ0v) is 11.4. The predicted molar refractivity (Wildman–Crippen MR) is 73.5 cm³/mol. The van der Waals surface area contributed by atoms with Crippen LogP contribution >= 0.6 is 0 Å². The van der Waals surface area contributed by atoms with Crippen LogP contribution in [0.1, 0.15) is 41.6 Å². The molecule has 0 bridgehead atoms. The SMILES string of the molecule is Cc1ccc(F)c(C(=O)N2CCCCCC2CN)c1. The van der Waals surface area contributed by atoms with Crippen LogP contribution in [0.2, 0.25) is 0 Å². The average Bonchev–Trinajstić information content (AvgIpc) is 2.65. The number of benzene rings is 1. The smallest absolute Gasteiger partial charge is 0.257 e. The van der Waals surface area contributed by atoms with Crippen LogP contribution in [-0.2, 0) is 0 Å². The second-order valence-electron chi connectivity index (χ2n) is 5.22. The number of likely N-dealkylation sites (tertiary alicyclic amines) is 1. The Morgan fingerprint density at radius 3 is 2.95 bits per heavy atom. The predicted octanol–water partition coefficient (Wildman–Crippen LogP) is 2.48. The van der Waals surface area contributed by atoms with Gasteiger partial charge in [-0.3, -0.25) is 4.79 Å². The third-order valence-corrected chi connectivity index (χ3v) is 3.76. The first-order valence-corrected chi connectivity index (χ1v) is 6.90. The third kappa shape index (κ3) is 3.13. The summed E-state index contributed by atoms with van der Waals surface area (Å²) in [5, 5.41) is 0. The van der Waals surface area contributed by atoms with Gasteiger partial charge in [-0.15, -0.1) is 0 Å². The highest BCUT2D eigenvalue weighted by Crippen LogP contribution is 2.20. The number of aryl methyl sites for hydroxylation is 1. The summed E-state index contributed by atoms with van der Waals surface area (Å²) in [6.07, 6.45) is 4.07. The van der Waals surface area contributed by atoms with Crippen molar-refractivity contribution in [2.75, 3.05) is 13.1 Å². The molecule has 1 unspecified atom stereocenters. The molecule has 1 aliphatic rings. The molecule has 1 heterocycles. The first-order valence-electron chi connectivity index (χ1n) is 6.90. The van der Waals surface area contributed by atoms with E-state index in [1.165, 1.54) is 6.07 Å². The van der Waals surface area contributed by atoms with Gasteiger partial charge in [-0.2, -0.15) is 0 Å². The molecule has 1 aromatic rings. The van der Waals surface area contributed by atoms with E-state index in [0.29, 0.717) is 13.1 Å². The highest BCUT2D eigenvalue weighted by atomic mass is 19.1. The lowest BCUT2D eigenvalue weighted by Crippen LogP contribution is -2.44. The maximum absolute atomic E-state index is 13.8. The topological polar surface area (TPSA) is 46.3 Å². The summed E-state index contributed by atoms with van der Waals surface area (Å²) in [6, 6.07) is 4.69. The number of halogens is 1. The van der Waals surface area contributed by atoms with E-state index >= 15 is 0 Å². The summed E-state index contributed by atoms with van der Waals surface area (Å²) in [4.78, 5) is 14.3. The third-order valence-electron chi connectivity index (χ3n) is 3.76. The minimum absolute atomic E-state index is 0.0370. The maximum Gasteiger partial charge on any atom is 0.257 e. The molecule has 1 amide bonds. The number of carbonyl (C=O) groups is 1. The van der Waals surface area contributed by atoms with Crippen molar-refractivity contribution in [1.82, 2.24) is 4.90 Å². The van der Waals surface area contributed by atoms with E-state index in [-0.39, 0.29) is 17.5 Å². The lowest BCUT2D eigenvalue weighted by Gasteiger charge is -2.29. The van der Waals surface area contributed by atoms with Gasteiger partial charge in [0, 0.05) is 19.1 Å². The van der Waals surface area contributed by atoms with Crippen molar-refractivity contribution in [2.45, 2.75) is 38.6 Å². The van der Waals surface area contributed by atoms with Crippen LogP contribution in [-0.4, -0.2) is 29.9 Å². The molecule has 3 nitrogen and oxygen atoms in total. The van der Waals surface area contributed by atoms with Crippen molar-refractivity contribution in [2.24, 2.45) is 5.73 Å². The van der Waals surface area contributed by atoms with Gasteiger partial charge in [-0.25, -0.2) is 4.39 Å². The fourth-order valence-electron chi connectivity index (χ4n) is 2.65. The minimum atomic E-state index is -0.449. The van der Waals surface area contributed by atoms with Crippen molar-refractivity contribution in [3.05, 3.63) is 35.1 Å². The summed E-state index contributed by atoms with van der Waals surface area (Å²) >= 11 is 0. The number of carbonyl (C=O) groups excluding carboxylic acids is 1. The molecule has 1 aliphatic heterocycles. The van der Waals surface area contributed by atoms with Crippen molar-refractivity contribution in [3.63, 3.8) is 0 Å². The molecule has 19 heavy (non-hydrogen) atoms. The summed E-state index contributed by atoms with van der Waals surface area (Å²) in [7, 11) is 0. The molecule has 1 atom stereocenters. The van der Waals surface area contributed by atoms with Gasteiger partial charge in [0.25, 0.3) is 5.91 Å². The van der Waals surface area contributed by atoms with Gasteiger partial charge >= 0.3 is 0 Å². The van der Waals surface area contributed by atoms with Crippen molar-refractivity contribution in [3.8, 4) is 0 Å². The first-order chi connectivity index (χ1) is 9.13. The Bertz CT molecular complexity index is 461. The van der Waals surface area contributed by atoms with Crippen LogP contribution < -0.4 is 5.73 Å². The van der Waals surface area contributed by atoms with Crippen molar-refractivity contribution < 1.29 is 9.18 Å². The monoisotopic (exact) mass is 264 g/mol. The lowest BCUT2D eigenvalue weighted by atomic mass is 10.1. The zero-order valence-electron chi connectivity index (χ0n) is 11.4. The molecule has 0 spiro atoms. The molecule has 2 rings (SSSR count). The van der Waals surface area contributed by atoms with E-state index in [4.69, 9.17) is 5.73 Å². The van der Waals surface area contributed by atoms with Gasteiger partial charge in [0.1, 0.15) is 5.82 Å². The molecular weight excluding hydrogens is 243 g/mol. The summed E-state index contributed by atoms with van der Waals surface area (Å²) < 4.78 is 13.8.